The number of hydrogen-bond acceptors (Lipinski definition) is 6. The minimum absolute atomic E-state index is 0.0164. The van der Waals surface area contributed by atoms with E-state index in [0.29, 0.717) is 19.6 Å². The molecular weight excluding hydrogens is 338 g/mol. The summed E-state index contributed by atoms with van der Waals surface area (Å²) in [4.78, 5) is 24.8. The van der Waals surface area contributed by atoms with E-state index in [1.807, 2.05) is 11.7 Å². The first-order chi connectivity index (χ1) is 12.1. The normalized spacial score (nSPS) is 17.5. The molecule has 0 radical (unpaired) electrons. The smallest absolute Gasteiger partial charge is 0.226 e. The number of imidazole rings is 1. The van der Waals surface area contributed by atoms with Crippen LogP contribution in [0.15, 0.2) is 11.7 Å². The van der Waals surface area contributed by atoms with Gasteiger partial charge in [-0.3, -0.25) is 9.69 Å². The van der Waals surface area contributed by atoms with Crippen molar-refractivity contribution in [2.75, 3.05) is 26.8 Å². The van der Waals surface area contributed by atoms with Crippen LogP contribution in [0.3, 0.4) is 0 Å². The van der Waals surface area contributed by atoms with Crippen LogP contribution in [-0.4, -0.2) is 52.1 Å². The lowest BCUT2D eigenvalue weighted by molar-refractivity contribution is -0.120. The Morgan fingerprint density at radius 1 is 1.48 bits per heavy atom. The highest BCUT2D eigenvalue weighted by atomic mass is 32.1. The summed E-state index contributed by atoms with van der Waals surface area (Å²) in [5, 5.41) is 2.84. The Morgan fingerprint density at radius 2 is 2.32 bits per heavy atom. The van der Waals surface area contributed by atoms with Crippen LogP contribution in [0.25, 0.3) is 0 Å². The fourth-order valence-electron chi connectivity index (χ4n) is 3.07. The van der Waals surface area contributed by atoms with Crippen molar-refractivity contribution < 1.29 is 9.53 Å². The van der Waals surface area contributed by atoms with E-state index in [4.69, 9.17) is 9.72 Å². The first-order valence-electron chi connectivity index (χ1n) is 8.53. The van der Waals surface area contributed by atoms with E-state index in [9.17, 15) is 4.79 Å². The van der Waals surface area contributed by atoms with E-state index >= 15 is 0 Å². The van der Waals surface area contributed by atoms with E-state index in [-0.39, 0.29) is 11.9 Å². The van der Waals surface area contributed by atoms with Crippen LogP contribution in [0.2, 0.25) is 0 Å². The van der Waals surface area contributed by atoms with Crippen LogP contribution in [0.1, 0.15) is 35.1 Å². The Morgan fingerprint density at radius 3 is 3.04 bits per heavy atom. The lowest BCUT2D eigenvalue weighted by Crippen LogP contribution is -2.36. The molecule has 0 aromatic carbocycles. The van der Waals surface area contributed by atoms with Gasteiger partial charge in [0.05, 0.1) is 36.0 Å². The standard InChI is InChI=1S/C17H25N5O2S/c1-12-15(25-11-19-12)10-21-5-6-22-9-14(20-17(22)13(21)2)8-16(23)18-4-7-24-3/h9,11,13H,4-8,10H2,1-3H3,(H,18,23). The van der Waals surface area contributed by atoms with Crippen LogP contribution < -0.4 is 5.32 Å². The van der Waals surface area contributed by atoms with Crippen molar-refractivity contribution in [3.05, 3.63) is 33.8 Å². The molecule has 2 aromatic rings. The summed E-state index contributed by atoms with van der Waals surface area (Å²) < 4.78 is 7.12. The van der Waals surface area contributed by atoms with Crippen molar-refractivity contribution in [1.82, 2.24) is 24.8 Å². The molecule has 1 N–H and O–H groups in total. The molecule has 0 spiro atoms. The molecule has 0 bridgehead atoms. The maximum atomic E-state index is 12.0. The van der Waals surface area contributed by atoms with Crippen LogP contribution in [-0.2, 0) is 29.0 Å². The van der Waals surface area contributed by atoms with Crippen LogP contribution >= 0.6 is 11.3 Å². The second-order valence-electron chi connectivity index (χ2n) is 6.31. The average molecular weight is 363 g/mol. The summed E-state index contributed by atoms with van der Waals surface area (Å²) in [7, 11) is 1.62. The number of carbonyl (C=O) groups is 1. The molecule has 0 saturated carbocycles. The molecule has 0 aliphatic carbocycles. The van der Waals surface area contributed by atoms with E-state index in [2.05, 4.69) is 33.6 Å². The van der Waals surface area contributed by atoms with Crippen molar-refractivity contribution in [1.29, 1.82) is 0 Å². The van der Waals surface area contributed by atoms with Gasteiger partial charge < -0.3 is 14.6 Å². The molecule has 7 nitrogen and oxygen atoms in total. The molecule has 1 aliphatic rings. The zero-order valence-corrected chi connectivity index (χ0v) is 15.8. The van der Waals surface area contributed by atoms with E-state index < -0.39 is 0 Å². The molecule has 1 atom stereocenters. The van der Waals surface area contributed by atoms with Crippen molar-refractivity contribution in [2.24, 2.45) is 0 Å². The molecule has 0 saturated heterocycles. The Hall–Kier alpha value is -1.77. The number of fused-ring (bicyclic) bond motifs is 1. The van der Waals surface area contributed by atoms with Gasteiger partial charge in [0.2, 0.25) is 5.91 Å². The number of hydrogen-bond donors (Lipinski definition) is 1. The highest BCUT2D eigenvalue weighted by Crippen LogP contribution is 2.27. The quantitative estimate of drug-likeness (QED) is 0.756. The molecule has 3 heterocycles. The Labute approximate surface area is 152 Å². The van der Waals surface area contributed by atoms with Crippen molar-refractivity contribution in [3.8, 4) is 0 Å². The highest BCUT2D eigenvalue weighted by Gasteiger charge is 2.27. The van der Waals surface area contributed by atoms with Gasteiger partial charge in [-0.2, -0.15) is 0 Å². The summed E-state index contributed by atoms with van der Waals surface area (Å²) in [6.07, 6.45) is 2.32. The maximum absolute atomic E-state index is 12.0. The Balaban J connectivity index is 1.63. The minimum atomic E-state index is -0.0164. The first-order valence-corrected chi connectivity index (χ1v) is 9.41. The second-order valence-corrected chi connectivity index (χ2v) is 7.25. The van der Waals surface area contributed by atoms with E-state index in [1.54, 1.807) is 18.4 Å². The fraction of sp³-hybridized carbons (Fsp3) is 0.588. The maximum Gasteiger partial charge on any atom is 0.226 e. The topological polar surface area (TPSA) is 72.3 Å². The number of amides is 1. The number of nitrogens with one attached hydrogen (secondary N) is 1. The van der Waals surface area contributed by atoms with Crippen LogP contribution in [0.5, 0.6) is 0 Å². The molecule has 25 heavy (non-hydrogen) atoms. The van der Waals surface area contributed by atoms with Crippen molar-refractivity contribution in [2.45, 2.75) is 39.4 Å². The summed E-state index contributed by atoms with van der Waals surface area (Å²) in [6, 6.07) is 0.223. The van der Waals surface area contributed by atoms with Gasteiger partial charge in [-0.15, -0.1) is 11.3 Å². The number of aromatic nitrogens is 3. The van der Waals surface area contributed by atoms with E-state index in [1.165, 1.54) is 4.88 Å². The molecule has 2 aromatic heterocycles. The lowest BCUT2D eigenvalue weighted by atomic mass is 10.2. The van der Waals surface area contributed by atoms with Crippen LogP contribution in [0.4, 0.5) is 0 Å². The molecule has 8 heteroatoms. The van der Waals surface area contributed by atoms with Gasteiger partial charge in [0.25, 0.3) is 0 Å². The zero-order valence-electron chi connectivity index (χ0n) is 15.0. The molecule has 1 aliphatic heterocycles. The summed E-state index contributed by atoms with van der Waals surface area (Å²) in [5.74, 6) is 1.02. The number of aryl methyl sites for hydroxylation is 1. The van der Waals surface area contributed by atoms with Crippen molar-refractivity contribution in [3.63, 3.8) is 0 Å². The number of ether oxygens (including phenoxy) is 1. The SMILES string of the molecule is COCCNC(=O)Cc1cn2c(n1)C(C)N(Cc1scnc1C)CC2. The Bertz CT molecular complexity index is 726. The first kappa shape index (κ1) is 18.0. The third-order valence-electron chi connectivity index (χ3n) is 4.57. The van der Waals surface area contributed by atoms with Gasteiger partial charge in [-0.25, -0.2) is 9.97 Å². The van der Waals surface area contributed by atoms with Gasteiger partial charge in [-0.1, -0.05) is 0 Å². The van der Waals surface area contributed by atoms with Gasteiger partial charge >= 0.3 is 0 Å². The number of thiazole rings is 1. The number of nitrogens with zero attached hydrogens (tertiary/aromatic N) is 4. The molecule has 1 amide bonds. The molecule has 3 rings (SSSR count). The van der Waals surface area contributed by atoms with Crippen molar-refractivity contribution >= 4 is 17.2 Å². The van der Waals surface area contributed by atoms with E-state index in [0.717, 1.165) is 36.8 Å². The Kier molecular flexibility index (Phi) is 5.82. The highest BCUT2D eigenvalue weighted by molar-refractivity contribution is 7.09. The molecule has 0 fully saturated rings. The summed E-state index contributed by atoms with van der Waals surface area (Å²) in [5.41, 5.74) is 3.84. The largest absolute Gasteiger partial charge is 0.383 e. The third kappa shape index (κ3) is 4.26. The monoisotopic (exact) mass is 363 g/mol. The zero-order chi connectivity index (χ0) is 17.8. The predicted molar refractivity (Wildman–Crippen MR) is 96.5 cm³/mol. The summed E-state index contributed by atoms with van der Waals surface area (Å²) in [6.45, 7) is 8.06. The lowest BCUT2D eigenvalue weighted by Gasteiger charge is -2.33. The summed E-state index contributed by atoms with van der Waals surface area (Å²) >= 11 is 1.71. The predicted octanol–water partition coefficient (Wildman–Crippen LogP) is 1.53. The van der Waals surface area contributed by atoms with Gasteiger partial charge in [0.15, 0.2) is 0 Å². The number of rotatable bonds is 7. The van der Waals surface area contributed by atoms with Crippen LogP contribution in [0, 0.1) is 6.92 Å². The third-order valence-corrected chi connectivity index (χ3v) is 5.49. The van der Waals surface area contributed by atoms with Gasteiger partial charge in [0, 0.05) is 44.4 Å². The van der Waals surface area contributed by atoms with Gasteiger partial charge in [-0.05, 0) is 13.8 Å². The fourth-order valence-corrected chi connectivity index (χ4v) is 3.88. The molecule has 136 valence electrons. The average Bonchev–Trinajstić information content (AvgIpc) is 3.17. The second kappa shape index (κ2) is 8.07. The minimum Gasteiger partial charge on any atom is -0.383 e. The molecule has 1 unspecified atom stereocenters. The number of methoxy groups -OCH3 is 1. The number of carbonyl (C=O) groups excluding carboxylic acids is 1. The molecular formula is C17H25N5O2S. The van der Waals surface area contributed by atoms with Gasteiger partial charge in [0.1, 0.15) is 5.82 Å².